The molecule has 0 radical (unpaired) electrons. The highest BCUT2D eigenvalue weighted by atomic mass is 16.7. The van der Waals surface area contributed by atoms with Crippen LogP contribution in [0.3, 0.4) is 0 Å². The second-order valence-electron chi connectivity index (χ2n) is 11.8. The molecular formula is C38H35N3O5. The molecule has 6 aromatic rings. The monoisotopic (exact) mass is 613 g/mol. The third kappa shape index (κ3) is 5.59. The third-order valence-electron chi connectivity index (χ3n) is 8.91. The van der Waals surface area contributed by atoms with Gasteiger partial charge in [-0.3, -0.25) is 4.40 Å². The smallest absolute Gasteiger partial charge is 0.235 e. The number of nitrogens with zero attached hydrogens (tertiary/aromatic N) is 3. The van der Waals surface area contributed by atoms with Crippen LogP contribution >= 0.6 is 0 Å². The number of ether oxygens (including phenoxy) is 5. The molecule has 8 heteroatoms. The minimum Gasteiger partial charge on any atom is -0.368 e. The molecule has 0 spiro atoms. The minimum absolute atomic E-state index is 0.162. The van der Waals surface area contributed by atoms with Crippen LogP contribution in [0.4, 0.5) is 0 Å². The summed E-state index contributed by atoms with van der Waals surface area (Å²) < 4.78 is 34.1. The van der Waals surface area contributed by atoms with Gasteiger partial charge in [0.15, 0.2) is 12.6 Å². The van der Waals surface area contributed by atoms with Crippen molar-refractivity contribution in [1.82, 2.24) is 14.4 Å². The average Bonchev–Trinajstić information content (AvgIpc) is 3.50. The van der Waals surface area contributed by atoms with Crippen LogP contribution in [0, 0.1) is 5.92 Å². The third-order valence-corrected chi connectivity index (χ3v) is 8.91. The summed E-state index contributed by atoms with van der Waals surface area (Å²) in [6.07, 6.45) is -1.67. The summed E-state index contributed by atoms with van der Waals surface area (Å²) >= 11 is 0. The van der Waals surface area contributed by atoms with E-state index in [0.29, 0.717) is 25.4 Å². The zero-order valence-electron chi connectivity index (χ0n) is 25.5. The fraction of sp³-hybridized carbons (Fsp3) is 0.263. The van der Waals surface area contributed by atoms with Crippen molar-refractivity contribution >= 4 is 16.8 Å². The maximum absolute atomic E-state index is 6.76. The van der Waals surface area contributed by atoms with E-state index in [9.17, 15) is 0 Å². The molecule has 0 amide bonds. The second-order valence-corrected chi connectivity index (χ2v) is 11.8. The summed E-state index contributed by atoms with van der Waals surface area (Å²) in [6, 6.07) is 40.9. The van der Waals surface area contributed by atoms with Crippen LogP contribution in [-0.2, 0) is 36.7 Å². The van der Waals surface area contributed by atoms with Crippen LogP contribution < -0.4 is 0 Å². The molecule has 2 aliphatic heterocycles. The molecule has 4 aromatic carbocycles. The largest absolute Gasteiger partial charge is 0.368 e. The summed E-state index contributed by atoms with van der Waals surface area (Å²) in [5, 5.41) is 0. The van der Waals surface area contributed by atoms with Crippen LogP contribution in [0.1, 0.15) is 23.1 Å². The van der Waals surface area contributed by atoms with Crippen LogP contribution in [0.15, 0.2) is 121 Å². The standard InChI is InChI=1S/C38H35N3O5/c1-42-37-35(43-23-25-13-5-2-6-14-25)29(34-33(45-37)24-44-36(46-34)27-17-9-4-10-18-27)21-28-22-32(26-15-7-3-8-16-26)41-31-20-12-11-19-30(31)40-38(41)39-28/h2-20,22,29,33-37H,21,23-24H2,1H3/t29-,33-,34+,35+,36?,37+/m1/s1. The Morgan fingerprint density at radius 3 is 2.30 bits per heavy atom. The molecule has 2 aliphatic rings. The number of fused-ring (bicyclic) bond motifs is 4. The molecule has 2 saturated heterocycles. The van der Waals surface area contributed by atoms with Crippen LogP contribution in [0.2, 0.25) is 0 Å². The molecule has 0 saturated carbocycles. The molecule has 4 heterocycles. The van der Waals surface area contributed by atoms with Gasteiger partial charge in [0, 0.05) is 24.3 Å². The van der Waals surface area contributed by atoms with Crippen LogP contribution in [-0.4, -0.2) is 52.7 Å². The molecule has 232 valence electrons. The Balaban J connectivity index is 1.21. The predicted octanol–water partition coefficient (Wildman–Crippen LogP) is 6.78. The van der Waals surface area contributed by atoms with Crippen molar-refractivity contribution in [3.8, 4) is 11.3 Å². The number of methoxy groups -OCH3 is 1. The van der Waals surface area contributed by atoms with Gasteiger partial charge in [-0.25, -0.2) is 9.97 Å². The van der Waals surface area contributed by atoms with E-state index in [1.807, 2.05) is 72.8 Å². The van der Waals surface area contributed by atoms with E-state index in [0.717, 1.165) is 39.1 Å². The quantitative estimate of drug-likeness (QED) is 0.187. The minimum atomic E-state index is -0.609. The first-order valence-corrected chi connectivity index (χ1v) is 15.7. The Bertz CT molecular complexity index is 1910. The number of aromatic nitrogens is 3. The van der Waals surface area contributed by atoms with Gasteiger partial charge in [-0.05, 0) is 35.7 Å². The zero-order valence-corrected chi connectivity index (χ0v) is 25.5. The Morgan fingerprint density at radius 2 is 1.52 bits per heavy atom. The highest BCUT2D eigenvalue weighted by Gasteiger charge is 2.50. The van der Waals surface area contributed by atoms with Crippen molar-refractivity contribution in [2.75, 3.05) is 13.7 Å². The Kier molecular flexibility index (Phi) is 8.04. The molecule has 0 aliphatic carbocycles. The number of hydrogen-bond acceptors (Lipinski definition) is 7. The van der Waals surface area contributed by atoms with E-state index in [-0.39, 0.29) is 18.1 Å². The molecule has 0 bridgehead atoms. The SMILES string of the molecule is CO[C@H]1O[C@@H]2COC(c3ccccc3)O[C@H]2[C@@H](Cc2cc(-c3ccccc3)n3c(n2)nc2ccccc23)[C@@H]1OCc1ccccc1. The molecule has 0 N–H and O–H groups in total. The van der Waals surface area contributed by atoms with Gasteiger partial charge in [0.05, 0.1) is 36.0 Å². The molecule has 6 atom stereocenters. The van der Waals surface area contributed by atoms with Gasteiger partial charge in [0.2, 0.25) is 5.78 Å². The Morgan fingerprint density at radius 1 is 0.804 bits per heavy atom. The lowest BCUT2D eigenvalue weighted by atomic mass is 9.84. The van der Waals surface area contributed by atoms with Crippen molar-refractivity contribution in [3.05, 3.63) is 138 Å². The van der Waals surface area contributed by atoms with Crippen molar-refractivity contribution in [3.63, 3.8) is 0 Å². The fourth-order valence-corrected chi connectivity index (χ4v) is 6.73. The van der Waals surface area contributed by atoms with E-state index in [2.05, 4.69) is 52.9 Å². The van der Waals surface area contributed by atoms with Gasteiger partial charge in [0.25, 0.3) is 0 Å². The highest BCUT2D eigenvalue weighted by molar-refractivity contribution is 5.82. The summed E-state index contributed by atoms with van der Waals surface area (Å²) in [5.41, 5.74) is 6.96. The zero-order chi connectivity index (χ0) is 30.9. The van der Waals surface area contributed by atoms with Crippen molar-refractivity contribution in [2.24, 2.45) is 5.92 Å². The van der Waals surface area contributed by atoms with Gasteiger partial charge in [0.1, 0.15) is 12.2 Å². The molecule has 2 aromatic heterocycles. The lowest BCUT2D eigenvalue weighted by Gasteiger charge is -2.49. The first kappa shape index (κ1) is 29.0. The Hall–Kier alpha value is -4.44. The van der Waals surface area contributed by atoms with E-state index >= 15 is 0 Å². The Labute approximate surface area is 267 Å². The molecule has 2 fully saturated rings. The number of rotatable bonds is 8. The predicted molar refractivity (Wildman–Crippen MR) is 174 cm³/mol. The number of benzene rings is 4. The van der Waals surface area contributed by atoms with Gasteiger partial charge < -0.3 is 23.7 Å². The second kappa shape index (κ2) is 12.7. The molecule has 1 unspecified atom stereocenters. The maximum Gasteiger partial charge on any atom is 0.235 e. The number of hydrogen-bond donors (Lipinski definition) is 0. The summed E-state index contributed by atoms with van der Waals surface area (Å²) in [4.78, 5) is 10.1. The van der Waals surface area contributed by atoms with E-state index in [4.69, 9.17) is 33.7 Å². The molecule has 46 heavy (non-hydrogen) atoms. The molecular weight excluding hydrogens is 578 g/mol. The van der Waals surface area contributed by atoms with Gasteiger partial charge in [-0.15, -0.1) is 0 Å². The van der Waals surface area contributed by atoms with Crippen LogP contribution in [0.5, 0.6) is 0 Å². The van der Waals surface area contributed by atoms with E-state index in [1.165, 1.54) is 0 Å². The molecule has 8 nitrogen and oxygen atoms in total. The fourth-order valence-electron chi connectivity index (χ4n) is 6.73. The van der Waals surface area contributed by atoms with E-state index < -0.39 is 18.7 Å². The normalized spacial score (nSPS) is 24.6. The average molecular weight is 614 g/mol. The van der Waals surface area contributed by atoms with Crippen LogP contribution in [0.25, 0.3) is 28.1 Å². The number of para-hydroxylation sites is 2. The topological polar surface area (TPSA) is 76.3 Å². The van der Waals surface area contributed by atoms with Crippen molar-refractivity contribution < 1.29 is 23.7 Å². The lowest BCUT2D eigenvalue weighted by molar-refractivity contribution is -0.355. The summed E-state index contributed by atoms with van der Waals surface area (Å²) in [5.74, 6) is 0.492. The first-order chi connectivity index (χ1) is 22.7. The highest BCUT2D eigenvalue weighted by Crippen LogP contribution is 2.40. The van der Waals surface area contributed by atoms with Gasteiger partial charge >= 0.3 is 0 Å². The summed E-state index contributed by atoms with van der Waals surface area (Å²) in [6.45, 7) is 0.786. The molecule has 8 rings (SSSR count). The van der Waals surface area contributed by atoms with E-state index in [1.54, 1.807) is 7.11 Å². The van der Waals surface area contributed by atoms with Gasteiger partial charge in [-0.1, -0.05) is 103 Å². The van der Waals surface area contributed by atoms with Crippen molar-refractivity contribution in [2.45, 2.75) is 43.9 Å². The first-order valence-electron chi connectivity index (χ1n) is 15.7. The van der Waals surface area contributed by atoms with Gasteiger partial charge in [-0.2, -0.15) is 0 Å². The van der Waals surface area contributed by atoms with Crippen molar-refractivity contribution in [1.29, 1.82) is 0 Å². The number of imidazole rings is 1. The maximum atomic E-state index is 6.76. The summed E-state index contributed by atoms with van der Waals surface area (Å²) in [7, 11) is 1.66. The lowest BCUT2D eigenvalue weighted by Crippen LogP contribution is -2.60.